The Kier molecular flexibility index (Phi) is 5.45. The van der Waals surface area contributed by atoms with Crippen molar-refractivity contribution in [2.24, 2.45) is 0 Å². The molecule has 0 aliphatic rings. The van der Waals surface area contributed by atoms with E-state index in [0.717, 1.165) is 22.5 Å². The molecule has 1 aromatic carbocycles. The zero-order chi connectivity index (χ0) is 19.3. The second-order valence-electron chi connectivity index (χ2n) is 6.13. The van der Waals surface area contributed by atoms with E-state index in [1.165, 1.54) is 0 Å². The van der Waals surface area contributed by atoms with Crippen molar-refractivity contribution in [2.45, 2.75) is 13.0 Å². The number of hydrogen-bond acceptors (Lipinski definition) is 5. The van der Waals surface area contributed by atoms with Crippen LogP contribution in [0, 0.1) is 4.77 Å². The number of rotatable bonds is 7. The Morgan fingerprint density at radius 3 is 2.79 bits per heavy atom. The Bertz CT molecular complexity index is 1090. The molecule has 2 N–H and O–H groups in total. The lowest BCUT2D eigenvalue weighted by molar-refractivity contribution is -0.121. The van der Waals surface area contributed by atoms with Gasteiger partial charge in [-0.3, -0.25) is 14.5 Å². The number of aromatic nitrogens is 5. The SMILES string of the molecule is O=C(Cn1c(-c2cccs2)n[nH]c1=S)NCCc1ccc(-n2cccn2)cc1. The lowest BCUT2D eigenvalue weighted by Crippen LogP contribution is -2.29. The summed E-state index contributed by atoms with van der Waals surface area (Å²) >= 11 is 6.82. The van der Waals surface area contributed by atoms with Gasteiger partial charge in [0.2, 0.25) is 5.91 Å². The summed E-state index contributed by atoms with van der Waals surface area (Å²) in [6.45, 7) is 0.695. The van der Waals surface area contributed by atoms with Crippen LogP contribution in [0.3, 0.4) is 0 Å². The summed E-state index contributed by atoms with van der Waals surface area (Å²) in [4.78, 5) is 13.3. The van der Waals surface area contributed by atoms with Crippen LogP contribution >= 0.6 is 23.6 Å². The van der Waals surface area contributed by atoms with Gasteiger partial charge in [0, 0.05) is 18.9 Å². The molecule has 0 aliphatic carbocycles. The van der Waals surface area contributed by atoms with E-state index in [0.29, 0.717) is 17.1 Å². The molecule has 0 atom stereocenters. The van der Waals surface area contributed by atoms with Gasteiger partial charge in [0.05, 0.1) is 10.6 Å². The lowest BCUT2D eigenvalue weighted by Gasteiger charge is -2.08. The van der Waals surface area contributed by atoms with Gasteiger partial charge in [0.25, 0.3) is 0 Å². The first-order chi connectivity index (χ1) is 13.7. The Morgan fingerprint density at radius 1 is 1.21 bits per heavy atom. The van der Waals surface area contributed by atoms with Gasteiger partial charge in [-0.15, -0.1) is 11.3 Å². The Labute approximate surface area is 170 Å². The molecule has 0 radical (unpaired) electrons. The minimum atomic E-state index is -0.0940. The van der Waals surface area contributed by atoms with E-state index in [1.54, 1.807) is 22.1 Å². The van der Waals surface area contributed by atoms with E-state index >= 15 is 0 Å². The Balaban J connectivity index is 1.32. The van der Waals surface area contributed by atoms with Crippen molar-refractivity contribution in [1.29, 1.82) is 0 Å². The van der Waals surface area contributed by atoms with Crippen molar-refractivity contribution in [1.82, 2.24) is 29.9 Å². The molecule has 9 heteroatoms. The van der Waals surface area contributed by atoms with Crippen LogP contribution in [-0.2, 0) is 17.8 Å². The number of benzene rings is 1. The first kappa shape index (κ1) is 18.3. The van der Waals surface area contributed by atoms with Gasteiger partial charge >= 0.3 is 0 Å². The molecule has 0 fully saturated rings. The molecule has 3 heterocycles. The first-order valence-electron chi connectivity index (χ1n) is 8.75. The molecule has 28 heavy (non-hydrogen) atoms. The van der Waals surface area contributed by atoms with Crippen LogP contribution in [-0.4, -0.2) is 37.0 Å². The second kappa shape index (κ2) is 8.32. The molecule has 7 nitrogen and oxygen atoms in total. The molecule has 0 saturated carbocycles. The zero-order valence-corrected chi connectivity index (χ0v) is 16.5. The summed E-state index contributed by atoms with van der Waals surface area (Å²) in [5.74, 6) is 0.591. The average Bonchev–Trinajstić information content (AvgIpc) is 3.45. The van der Waals surface area contributed by atoms with Crippen LogP contribution in [0.4, 0.5) is 0 Å². The minimum absolute atomic E-state index is 0.0940. The van der Waals surface area contributed by atoms with Crippen LogP contribution in [0.5, 0.6) is 0 Å². The third-order valence-corrected chi connectivity index (χ3v) is 5.42. The smallest absolute Gasteiger partial charge is 0.240 e. The van der Waals surface area contributed by atoms with Gasteiger partial charge in [-0.2, -0.15) is 10.2 Å². The predicted octanol–water partition coefficient (Wildman–Crippen LogP) is 3.21. The molecule has 0 bridgehead atoms. The van der Waals surface area contributed by atoms with E-state index in [1.807, 2.05) is 58.7 Å². The fraction of sp³-hybridized carbons (Fsp3) is 0.158. The molecule has 0 aliphatic heterocycles. The van der Waals surface area contributed by atoms with E-state index in [9.17, 15) is 4.79 Å². The van der Waals surface area contributed by atoms with Crippen LogP contribution < -0.4 is 5.32 Å². The van der Waals surface area contributed by atoms with Crippen LogP contribution in [0.15, 0.2) is 60.2 Å². The van der Waals surface area contributed by atoms with Gasteiger partial charge in [0.1, 0.15) is 6.54 Å². The highest BCUT2D eigenvalue weighted by Crippen LogP contribution is 2.22. The third-order valence-electron chi connectivity index (χ3n) is 4.24. The van der Waals surface area contributed by atoms with Gasteiger partial charge in [-0.05, 0) is 53.8 Å². The number of amides is 1. The van der Waals surface area contributed by atoms with E-state index in [2.05, 4.69) is 20.6 Å². The highest BCUT2D eigenvalue weighted by Gasteiger charge is 2.12. The van der Waals surface area contributed by atoms with E-state index < -0.39 is 0 Å². The summed E-state index contributed by atoms with van der Waals surface area (Å²) in [7, 11) is 0. The maximum atomic E-state index is 12.4. The summed E-state index contributed by atoms with van der Waals surface area (Å²) in [5, 5.41) is 16.1. The molecular formula is C19H18N6OS2. The van der Waals surface area contributed by atoms with Crippen molar-refractivity contribution in [3.63, 3.8) is 0 Å². The number of aromatic amines is 1. The number of carbonyl (C=O) groups excluding carboxylic acids is 1. The summed E-state index contributed by atoms with van der Waals surface area (Å²) < 4.78 is 3.97. The van der Waals surface area contributed by atoms with E-state index in [4.69, 9.17) is 12.2 Å². The summed E-state index contributed by atoms with van der Waals surface area (Å²) in [6.07, 6.45) is 4.40. The number of H-pyrrole nitrogens is 1. The van der Waals surface area contributed by atoms with Crippen molar-refractivity contribution >= 4 is 29.5 Å². The maximum absolute atomic E-state index is 12.4. The van der Waals surface area contributed by atoms with Crippen molar-refractivity contribution in [3.8, 4) is 16.4 Å². The summed E-state index contributed by atoms with van der Waals surface area (Å²) in [5.41, 5.74) is 2.16. The monoisotopic (exact) mass is 410 g/mol. The van der Waals surface area contributed by atoms with Crippen molar-refractivity contribution < 1.29 is 4.79 Å². The van der Waals surface area contributed by atoms with Crippen LogP contribution in [0.1, 0.15) is 5.56 Å². The normalized spacial score (nSPS) is 10.9. The fourth-order valence-corrected chi connectivity index (χ4v) is 3.76. The van der Waals surface area contributed by atoms with E-state index in [-0.39, 0.29) is 12.5 Å². The lowest BCUT2D eigenvalue weighted by atomic mass is 10.1. The molecule has 4 aromatic rings. The first-order valence-corrected chi connectivity index (χ1v) is 10.0. The number of nitrogens with zero attached hydrogens (tertiary/aromatic N) is 4. The predicted molar refractivity (Wildman–Crippen MR) is 111 cm³/mol. The molecule has 0 unspecified atom stereocenters. The molecule has 1 amide bonds. The molecule has 4 rings (SSSR count). The summed E-state index contributed by atoms with van der Waals surface area (Å²) in [6, 6.07) is 13.9. The van der Waals surface area contributed by atoms with Crippen LogP contribution in [0.2, 0.25) is 0 Å². The van der Waals surface area contributed by atoms with Gasteiger partial charge in [-0.25, -0.2) is 4.68 Å². The highest BCUT2D eigenvalue weighted by molar-refractivity contribution is 7.71. The fourth-order valence-electron chi connectivity index (χ4n) is 2.84. The van der Waals surface area contributed by atoms with Gasteiger partial charge in [-0.1, -0.05) is 18.2 Å². The van der Waals surface area contributed by atoms with Crippen molar-refractivity contribution in [3.05, 3.63) is 70.6 Å². The van der Waals surface area contributed by atoms with Gasteiger partial charge in [0.15, 0.2) is 10.6 Å². The topological polar surface area (TPSA) is 80.5 Å². The molecule has 3 aromatic heterocycles. The van der Waals surface area contributed by atoms with Crippen molar-refractivity contribution in [2.75, 3.05) is 6.54 Å². The number of nitrogens with one attached hydrogen (secondary N) is 2. The number of hydrogen-bond donors (Lipinski definition) is 2. The number of carbonyl (C=O) groups is 1. The molecule has 0 spiro atoms. The largest absolute Gasteiger partial charge is 0.354 e. The van der Waals surface area contributed by atoms with Gasteiger partial charge < -0.3 is 5.32 Å². The Morgan fingerprint density at radius 2 is 2.07 bits per heavy atom. The molecule has 142 valence electrons. The standard InChI is InChI=1S/C19H18N6OS2/c26-17(13-24-18(22-23-19(24)27)16-3-1-12-28-16)20-10-8-14-4-6-15(7-5-14)25-11-2-9-21-25/h1-7,9,11-12H,8,10,13H2,(H,20,26)(H,23,27). The number of thiophene rings is 1. The van der Waals surface area contributed by atoms with Crippen LogP contribution in [0.25, 0.3) is 16.4 Å². The highest BCUT2D eigenvalue weighted by atomic mass is 32.1. The average molecular weight is 411 g/mol. The second-order valence-corrected chi connectivity index (χ2v) is 7.47. The third kappa shape index (κ3) is 4.10. The molecule has 0 saturated heterocycles. The molecular weight excluding hydrogens is 392 g/mol. The Hall–Kier alpha value is -3.04. The zero-order valence-electron chi connectivity index (χ0n) is 14.9. The quantitative estimate of drug-likeness (QED) is 0.459. The maximum Gasteiger partial charge on any atom is 0.240 e. The minimum Gasteiger partial charge on any atom is -0.354 e.